The number of nitrogens with zero attached hydrogens (tertiary/aromatic N) is 1. The number of fused-ring (bicyclic) bond motifs is 3. The molecule has 1 unspecified atom stereocenters. The van der Waals surface area contributed by atoms with Gasteiger partial charge in [0.2, 0.25) is 0 Å². The van der Waals surface area contributed by atoms with E-state index < -0.39 is 23.7 Å². The van der Waals surface area contributed by atoms with Crippen LogP contribution in [0.25, 0.3) is 11.1 Å². The number of amides is 1. The Hall–Kier alpha value is -5.20. The van der Waals surface area contributed by atoms with Crippen LogP contribution in [0.5, 0.6) is 0 Å². The number of benzene rings is 5. The molecule has 0 heterocycles. The molecule has 0 aliphatic heterocycles. The minimum Gasteiger partial charge on any atom is -0.448 e. The SMILES string of the molecule is Cc1ccc(C(OC(=O)C[C@@H](C(=O)C2CCCCC2)N(C)C(=O)OCC2c3ccccc3-c3ccccc32)(c2ccccc2)c2ccccc2Cl)cc1. The van der Waals surface area contributed by atoms with Gasteiger partial charge in [-0.05, 0) is 48.1 Å². The van der Waals surface area contributed by atoms with Gasteiger partial charge in [0.15, 0.2) is 11.4 Å². The number of hydrogen-bond acceptors (Lipinski definition) is 5. The minimum atomic E-state index is -1.44. The maximum Gasteiger partial charge on any atom is 0.410 e. The molecule has 0 radical (unpaired) electrons. The Labute approximate surface area is 316 Å². The van der Waals surface area contributed by atoms with Crippen molar-refractivity contribution >= 4 is 29.4 Å². The van der Waals surface area contributed by atoms with Crippen LogP contribution in [0.4, 0.5) is 4.79 Å². The lowest BCUT2D eigenvalue weighted by molar-refractivity contribution is -0.156. The number of ether oxygens (including phenoxy) is 2. The molecule has 7 heteroatoms. The van der Waals surface area contributed by atoms with Crippen molar-refractivity contribution in [1.29, 1.82) is 0 Å². The van der Waals surface area contributed by atoms with Crippen molar-refractivity contribution in [3.05, 3.63) is 166 Å². The Bertz CT molecular complexity index is 2050. The summed E-state index contributed by atoms with van der Waals surface area (Å²) >= 11 is 6.91. The van der Waals surface area contributed by atoms with E-state index in [0.29, 0.717) is 21.7 Å². The number of rotatable bonds is 11. The van der Waals surface area contributed by atoms with Gasteiger partial charge in [-0.25, -0.2) is 4.79 Å². The molecule has 6 nitrogen and oxygen atoms in total. The van der Waals surface area contributed by atoms with Crippen molar-refractivity contribution in [2.75, 3.05) is 13.7 Å². The number of likely N-dealkylation sites (N-methyl/N-ethyl adjacent to an activating group) is 1. The molecule has 7 rings (SSSR count). The van der Waals surface area contributed by atoms with Gasteiger partial charge in [-0.1, -0.05) is 158 Å². The standard InChI is InChI=1S/C46H44ClNO5/c1-31-25-27-34(28-26-31)46(33-17-7-4-8-18-33,40-23-13-14-24-41(40)47)53-43(49)29-42(44(50)32-15-5-3-6-16-32)48(2)45(51)52-30-39-37-21-11-9-19-35(37)36-20-10-12-22-38(36)39/h4,7-14,17-28,32,39,42H,3,5-6,15-16,29-30H2,1-2H3/t42-,46?/m0/s1. The number of aryl methyl sites for hydroxylation is 1. The molecule has 2 aliphatic rings. The van der Waals surface area contributed by atoms with Crippen molar-refractivity contribution < 1.29 is 23.9 Å². The van der Waals surface area contributed by atoms with Gasteiger partial charge in [-0.3, -0.25) is 9.59 Å². The molecule has 1 amide bonds. The summed E-state index contributed by atoms with van der Waals surface area (Å²) in [5, 5.41) is 0.426. The second-order valence-corrected chi connectivity index (χ2v) is 14.6. The van der Waals surface area contributed by atoms with E-state index in [1.54, 1.807) is 13.1 Å². The number of ketones is 1. The third-order valence-corrected chi connectivity index (χ3v) is 11.3. The molecule has 2 aliphatic carbocycles. The molecule has 1 fully saturated rings. The van der Waals surface area contributed by atoms with E-state index in [0.717, 1.165) is 59.9 Å². The zero-order valence-corrected chi connectivity index (χ0v) is 30.9. The van der Waals surface area contributed by atoms with Gasteiger partial charge in [0.25, 0.3) is 0 Å². The molecule has 0 spiro atoms. The highest BCUT2D eigenvalue weighted by molar-refractivity contribution is 6.31. The second-order valence-electron chi connectivity index (χ2n) is 14.2. The zero-order valence-electron chi connectivity index (χ0n) is 30.2. The Kier molecular flexibility index (Phi) is 10.8. The average Bonchev–Trinajstić information content (AvgIpc) is 3.52. The molecule has 5 aromatic rings. The van der Waals surface area contributed by atoms with Gasteiger partial charge in [-0.15, -0.1) is 0 Å². The van der Waals surface area contributed by atoms with Gasteiger partial charge in [0.1, 0.15) is 12.6 Å². The fraction of sp³-hybridized carbons (Fsp3) is 0.283. The third-order valence-electron chi connectivity index (χ3n) is 10.9. The molecule has 0 bridgehead atoms. The first-order chi connectivity index (χ1) is 25.8. The molecular weight excluding hydrogens is 682 g/mol. The Morgan fingerprint density at radius 2 is 1.30 bits per heavy atom. The van der Waals surface area contributed by atoms with Crippen molar-refractivity contribution in [3.63, 3.8) is 0 Å². The molecule has 53 heavy (non-hydrogen) atoms. The maximum atomic E-state index is 14.5. The monoisotopic (exact) mass is 725 g/mol. The topological polar surface area (TPSA) is 72.9 Å². The molecule has 5 aromatic carbocycles. The van der Waals surface area contributed by atoms with Gasteiger partial charge < -0.3 is 14.4 Å². The van der Waals surface area contributed by atoms with Crippen LogP contribution in [-0.2, 0) is 24.7 Å². The molecule has 0 saturated heterocycles. The van der Waals surface area contributed by atoms with Gasteiger partial charge in [-0.2, -0.15) is 0 Å². The van der Waals surface area contributed by atoms with Crippen LogP contribution in [0.15, 0.2) is 127 Å². The number of halogens is 1. The number of carbonyl (C=O) groups is 3. The van der Waals surface area contributed by atoms with Gasteiger partial charge in [0.05, 0.1) is 6.42 Å². The van der Waals surface area contributed by atoms with Crippen LogP contribution in [-0.4, -0.2) is 42.4 Å². The van der Waals surface area contributed by atoms with E-state index in [1.807, 2.05) is 104 Å². The molecule has 2 atom stereocenters. The normalized spacial score (nSPS) is 15.8. The first kappa shape index (κ1) is 36.2. The zero-order chi connectivity index (χ0) is 37.0. The number of esters is 1. The van der Waals surface area contributed by atoms with Crippen LogP contribution in [0.1, 0.15) is 77.8 Å². The smallest absolute Gasteiger partial charge is 0.410 e. The average molecular weight is 726 g/mol. The number of hydrogen-bond donors (Lipinski definition) is 0. The Balaban J connectivity index is 1.20. The highest BCUT2D eigenvalue weighted by atomic mass is 35.5. The van der Waals surface area contributed by atoms with Gasteiger partial charge in [0, 0.05) is 40.6 Å². The summed E-state index contributed by atoms with van der Waals surface area (Å²) in [7, 11) is 1.55. The molecule has 270 valence electrons. The fourth-order valence-electron chi connectivity index (χ4n) is 8.14. The highest BCUT2D eigenvalue weighted by Crippen LogP contribution is 2.46. The Morgan fingerprint density at radius 1 is 0.736 bits per heavy atom. The summed E-state index contributed by atoms with van der Waals surface area (Å²) in [5.41, 5.74) is 6.03. The van der Waals surface area contributed by atoms with Crippen molar-refractivity contribution in [2.45, 2.75) is 63.0 Å². The van der Waals surface area contributed by atoms with E-state index in [-0.39, 0.29) is 30.6 Å². The van der Waals surface area contributed by atoms with E-state index >= 15 is 0 Å². The minimum absolute atomic E-state index is 0.100. The second kappa shape index (κ2) is 15.8. The summed E-state index contributed by atoms with van der Waals surface area (Å²) in [6, 6.07) is 39.9. The van der Waals surface area contributed by atoms with Crippen molar-refractivity contribution in [2.24, 2.45) is 5.92 Å². The quantitative estimate of drug-likeness (QED) is 0.100. The summed E-state index contributed by atoms with van der Waals surface area (Å²) in [6.45, 7) is 2.10. The predicted octanol–water partition coefficient (Wildman–Crippen LogP) is 10.3. The van der Waals surface area contributed by atoms with Crippen LogP contribution in [0.3, 0.4) is 0 Å². The lowest BCUT2D eigenvalue weighted by Crippen LogP contribution is -2.48. The van der Waals surface area contributed by atoms with Crippen molar-refractivity contribution in [3.8, 4) is 11.1 Å². The molecule has 0 aromatic heterocycles. The van der Waals surface area contributed by atoms with Crippen LogP contribution < -0.4 is 0 Å². The molecule has 1 saturated carbocycles. The first-order valence-electron chi connectivity index (χ1n) is 18.5. The highest BCUT2D eigenvalue weighted by Gasteiger charge is 2.44. The van der Waals surface area contributed by atoms with Crippen LogP contribution in [0, 0.1) is 12.8 Å². The molecule has 0 N–H and O–H groups in total. The van der Waals surface area contributed by atoms with Crippen LogP contribution in [0.2, 0.25) is 5.02 Å². The number of carbonyl (C=O) groups excluding carboxylic acids is 3. The lowest BCUT2D eigenvalue weighted by Gasteiger charge is -2.37. The Morgan fingerprint density at radius 3 is 1.94 bits per heavy atom. The molecular formula is C46H44ClNO5. The van der Waals surface area contributed by atoms with Crippen LogP contribution >= 0.6 is 11.6 Å². The van der Waals surface area contributed by atoms with Gasteiger partial charge >= 0.3 is 12.1 Å². The van der Waals surface area contributed by atoms with E-state index in [4.69, 9.17) is 21.1 Å². The summed E-state index contributed by atoms with van der Waals surface area (Å²) < 4.78 is 12.7. The summed E-state index contributed by atoms with van der Waals surface area (Å²) in [6.07, 6.45) is 3.36. The summed E-state index contributed by atoms with van der Waals surface area (Å²) in [5.74, 6) is -1.18. The lowest BCUT2D eigenvalue weighted by atomic mass is 9.79. The maximum absolute atomic E-state index is 14.5. The van der Waals surface area contributed by atoms with E-state index in [9.17, 15) is 14.4 Å². The number of Topliss-reactive ketones (excluding diaryl/α,β-unsaturated/α-hetero) is 1. The fourth-order valence-corrected chi connectivity index (χ4v) is 8.41. The summed E-state index contributed by atoms with van der Waals surface area (Å²) in [4.78, 5) is 44.1. The van der Waals surface area contributed by atoms with Crippen molar-refractivity contribution in [1.82, 2.24) is 4.90 Å². The first-order valence-corrected chi connectivity index (χ1v) is 18.9. The third kappa shape index (κ3) is 7.25. The van der Waals surface area contributed by atoms with E-state index in [2.05, 4.69) is 24.3 Å². The predicted molar refractivity (Wildman–Crippen MR) is 208 cm³/mol. The largest absolute Gasteiger partial charge is 0.448 e. The van der Waals surface area contributed by atoms with E-state index in [1.165, 1.54) is 4.90 Å².